The fraction of sp³-hybridized carbons (Fsp3) is 0.700. The van der Waals surface area contributed by atoms with Gasteiger partial charge in [0.2, 0.25) is 0 Å². The van der Waals surface area contributed by atoms with E-state index in [-0.39, 0.29) is 19.0 Å². The molecule has 0 aliphatic heterocycles. The Balaban J connectivity index is 0. The number of quaternary nitrogens is 1. The lowest BCUT2D eigenvalue weighted by atomic mass is 10.3. The van der Waals surface area contributed by atoms with Crippen LogP contribution in [0.2, 0.25) is 0 Å². The Morgan fingerprint density at radius 3 is 2.40 bits per heavy atom. The van der Waals surface area contributed by atoms with Crippen LogP contribution in [0, 0.1) is 0 Å². The Labute approximate surface area is 97.5 Å². The monoisotopic (exact) mass is 237 g/mol. The average molecular weight is 238 g/mol. The molecule has 1 unspecified atom stereocenters. The predicted octanol–water partition coefficient (Wildman–Crippen LogP) is -2.82. The molecule has 0 aromatic rings. The van der Waals surface area contributed by atoms with Crippen molar-refractivity contribution in [2.75, 3.05) is 34.3 Å². The van der Waals surface area contributed by atoms with Gasteiger partial charge >= 0.3 is 5.97 Å². The Morgan fingerprint density at radius 1 is 1.47 bits per heavy atom. The quantitative estimate of drug-likeness (QED) is 0.319. The van der Waals surface area contributed by atoms with E-state index >= 15 is 0 Å². The Hall–Kier alpha value is -0.580. The molecule has 0 amide bonds. The molecule has 1 N–H and O–H groups in total. The molecular weight excluding hydrogens is 218 g/mol. The molecule has 0 heterocycles. The van der Waals surface area contributed by atoms with E-state index in [2.05, 4.69) is 0 Å². The molecule has 0 aliphatic rings. The van der Waals surface area contributed by atoms with Gasteiger partial charge in [0.05, 0.1) is 21.1 Å². The Morgan fingerprint density at radius 2 is 2.00 bits per heavy atom. The molecule has 0 aromatic heterocycles. The van der Waals surface area contributed by atoms with Crippen LogP contribution in [0.4, 0.5) is 0 Å². The number of nitrogens with zero attached hydrogens (tertiary/aromatic N) is 1. The maximum absolute atomic E-state index is 10.9. The third kappa shape index (κ3) is 11.3. The van der Waals surface area contributed by atoms with Gasteiger partial charge in [0.25, 0.3) is 0 Å². The second-order valence-corrected chi connectivity index (χ2v) is 4.26. The van der Waals surface area contributed by atoms with E-state index in [4.69, 9.17) is 4.74 Å². The maximum atomic E-state index is 10.9. The van der Waals surface area contributed by atoms with Crippen LogP contribution in [0.15, 0.2) is 12.2 Å². The van der Waals surface area contributed by atoms with Crippen LogP contribution in [0.25, 0.3) is 0 Å². The normalized spacial score (nSPS) is 13.4. The number of allylic oxidation sites excluding steroid dienone is 1. The number of aliphatic hydroxyl groups excluding tert-OH is 1. The van der Waals surface area contributed by atoms with Crippen molar-refractivity contribution in [3.8, 4) is 0 Å². The molecule has 90 valence electrons. The Kier molecular flexibility index (Phi) is 8.62. The largest absolute Gasteiger partial charge is 1.00 e. The zero-order valence-corrected chi connectivity index (χ0v) is 10.5. The molecule has 0 radical (unpaired) electrons. The number of carbonyl (C=O) groups is 1. The fourth-order valence-electron chi connectivity index (χ4n) is 1.05. The molecular formula is C10H20ClNO3. The molecule has 5 heteroatoms. The number of hydrogen-bond donors (Lipinski definition) is 1. The first-order chi connectivity index (χ1) is 6.35. The van der Waals surface area contributed by atoms with Crippen molar-refractivity contribution in [3.05, 3.63) is 12.2 Å². The van der Waals surface area contributed by atoms with Crippen LogP contribution in [-0.2, 0) is 9.53 Å². The third-order valence-electron chi connectivity index (χ3n) is 1.48. The summed E-state index contributed by atoms with van der Waals surface area (Å²) in [5, 5.41) is 9.48. The minimum Gasteiger partial charge on any atom is -1.00 e. The molecule has 0 saturated carbocycles. The van der Waals surface area contributed by atoms with Gasteiger partial charge < -0.3 is 26.7 Å². The van der Waals surface area contributed by atoms with Gasteiger partial charge in [0.1, 0.15) is 19.3 Å². The number of ether oxygens (including phenoxy) is 1. The van der Waals surface area contributed by atoms with Crippen molar-refractivity contribution in [3.63, 3.8) is 0 Å². The summed E-state index contributed by atoms with van der Waals surface area (Å²) < 4.78 is 5.45. The topological polar surface area (TPSA) is 46.5 Å². The summed E-state index contributed by atoms with van der Waals surface area (Å²) in [7, 11) is 5.91. The molecule has 0 bridgehead atoms. The summed E-state index contributed by atoms with van der Waals surface area (Å²) in [6, 6.07) is 0. The summed E-state index contributed by atoms with van der Waals surface area (Å²) in [5.74, 6) is -0.409. The predicted molar refractivity (Wildman–Crippen MR) is 54.7 cm³/mol. The molecule has 0 fully saturated rings. The molecule has 0 rings (SSSR count). The second kappa shape index (κ2) is 7.68. The molecule has 1 atom stereocenters. The van der Waals surface area contributed by atoms with E-state index < -0.39 is 12.1 Å². The fourth-order valence-corrected chi connectivity index (χ4v) is 1.05. The number of rotatable bonds is 5. The summed E-state index contributed by atoms with van der Waals surface area (Å²) in [6.45, 7) is 2.35. The van der Waals surface area contributed by atoms with E-state index in [9.17, 15) is 9.90 Å². The summed E-state index contributed by atoms with van der Waals surface area (Å²) in [6.07, 6.45) is 2.33. The third-order valence-corrected chi connectivity index (χ3v) is 1.48. The highest BCUT2D eigenvalue weighted by Crippen LogP contribution is 1.96. The van der Waals surface area contributed by atoms with Crippen molar-refractivity contribution < 1.29 is 31.5 Å². The first kappa shape index (κ1) is 16.8. The highest BCUT2D eigenvalue weighted by Gasteiger charge is 2.16. The second-order valence-electron chi connectivity index (χ2n) is 4.26. The van der Waals surface area contributed by atoms with Gasteiger partial charge in [0, 0.05) is 6.08 Å². The molecule has 0 aliphatic carbocycles. The van der Waals surface area contributed by atoms with E-state index in [0.29, 0.717) is 11.0 Å². The summed E-state index contributed by atoms with van der Waals surface area (Å²) in [5.41, 5.74) is 0. The highest BCUT2D eigenvalue weighted by molar-refractivity contribution is 5.81. The van der Waals surface area contributed by atoms with E-state index in [1.54, 1.807) is 13.0 Å². The van der Waals surface area contributed by atoms with Gasteiger partial charge in [-0.05, 0) is 6.92 Å². The lowest BCUT2D eigenvalue weighted by molar-refractivity contribution is -0.873. The number of aliphatic hydroxyl groups is 1. The average Bonchev–Trinajstić information content (AvgIpc) is 1.98. The minimum atomic E-state index is -0.607. The van der Waals surface area contributed by atoms with Crippen molar-refractivity contribution in [1.29, 1.82) is 0 Å². The lowest BCUT2D eigenvalue weighted by Gasteiger charge is -2.26. The Bertz CT molecular complexity index is 211. The van der Waals surface area contributed by atoms with Crippen molar-refractivity contribution in [2.45, 2.75) is 13.0 Å². The van der Waals surface area contributed by atoms with Crippen LogP contribution in [0.5, 0.6) is 0 Å². The highest BCUT2D eigenvalue weighted by atomic mass is 35.5. The number of esters is 1. The van der Waals surface area contributed by atoms with E-state index in [1.807, 2.05) is 21.1 Å². The van der Waals surface area contributed by atoms with Crippen molar-refractivity contribution in [2.24, 2.45) is 0 Å². The van der Waals surface area contributed by atoms with Crippen LogP contribution in [0.3, 0.4) is 0 Å². The van der Waals surface area contributed by atoms with Crippen molar-refractivity contribution >= 4 is 5.97 Å². The van der Waals surface area contributed by atoms with Gasteiger partial charge in [-0.15, -0.1) is 0 Å². The lowest BCUT2D eigenvalue weighted by Crippen LogP contribution is -3.00. The molecule has 0 saturated heterocycles. The van der Waals surface area contributed by atoms with Crippen LogP contribution in [0.1, 0.15) is 6.92 Å². The van der Waals surface area contributed by atoms with Gasteiger partial charge in [-0.3, -0.25) is 0 Å². The van der Waals surface area contributed by atoms with Crippen molar-refractivity contribution in [1.82, 2.24) is 0 Å². The standard InChI is InChI=1S/C10H20NO3.ClH/c1-5-6-10(13)14-8-9(12)7-11(2,3)4;/h5-6,9,12H,7-8H2,1-4H3;1H/q+1;/p-1. The minimum absolute atomic E-state index is 0. The van der Waals surface area contributed by atoms with Gasteiger partial charge in [0.15, 0.2) is 0 Å². The summed E-state index contributed by atoms with van der Waals surface area (Å²) >= 11 is 0. The number of hydrogen-bond acceptors (Lipinski definition) is 3. The number of likely N-dealkylation sites (N-methyl/N-ethyl adjacent to an activating group) is 1. The number of carbonyl (C=O) groups excluding carboxylic acids is 1. The molecule has 15 heavy (non-hydrogen) atoms. The zero-order chi connectivity index (χ0) is 11.2. The zero-order valence-electron chi connectivity index (χ0n) is 9.74. The van der Waals surface area contributed by atoms with Gasteiger partial charge in [-0.25, -0.2) is 4.79 Å². The molecule has 0 aromatic carbocycles. The number of halogens is 1. The van der Waals surface area contributed by atoms with Gasteiger partial charge in [-0.1, -0.05) is 6.08 Å². The smallest absolute Gasteiger partial charge is 0.330 e. The van der Waals surface area contributed by atoms with Gasteiger partial charge in [-0.2, -0.15) is 0 Å². The summed E-state index contributed by atoms with van der Waals surface area (Å²) in [4.78, 5) is 10.9. The maximum Gasteiger partial charge on any atom is 0.330 e. The van der Waals surface area contributed by atoms with Crippen LogP contribution < -0.4 is 12.4 Å². The van der Waals surface area contributed by atoms with Crippen LogP contribution in [-0.4, -0.2) is 56.0 Å². The molecule has 0 spiro atoms. The molecule has 4 nitrogen and oxygen atoms in total. The first-order valence-corrected chi connectivity index (χ1v) is 4.63. The SMILES string of the molecule is CC=CC(=O)OCC(O)C[N+](C)(C)C.[Cl-]. The van der Waals surface area contributed by atoms with Crippen LogP contribution >= 0.6 is 0 Å². The van der Waals surface area contributed by atoms with E-state index in [0.717, 1.165) is 0 Å². The first-order valence-electron chi connectivity index (χ1n) is 4.63. The van der Waals surface area contributed by atoms with E-state index in [1.165, 1.54) is 6.08 Å².